The maximum atomic E-state index is 12.0. The van der Waals surface area contributed by atoms with Crippen molar-refractivity contribution in [1.29, 1.82) is 0 Å². The molecule has 1 unspecified atom stereocenters. The number of nitrogens with zero attached hydrogens (tertiary/aromatic N) is 2. The number of thioether (sulfide) groups is 1. The van der Waals surface area contributed by atoms with E-state index in [0.717, 1.165) is 4.90 Å². The van der Waals surface area contributed by atoms with Gasteiger partial charge < -0.3 is 5.73 Å². The lowest BCUT2D eigenvalue weighted by molar-refractivity contribution is -0.117. The monoisotopic (exact) mass is 349 g/mol. The van der Waals surface area contributed by atoms with Crippen LogP contribution in [0, 0.1) is 0 Å². The quantitative estimate of drug-likeness (QED) is 0.712. The molecule has 1 aromatic rings. The van der Waals surface area contributed by atoms with E-state index in [1.165, 1.54) is 31.2 Å². The first-order chi connectivity index (χ1) is 9.67. The zero-order chi connectivity index (χ0) is 15.8. The number of benzene rings is 1. The van der Waals surface area contributed by atoms with Gasteiger partial charge in [0.1, 0.15) is 0 Å². The molecule has 1 aromatic carbocycles. The van der Waals surface area contributed by atoms with E-state index >= 15 is 0 Å². The number of hydrazone groups is 1. The first-order valence-electron chi connectivity index (χ1n) is 5.55. The number of nitrogens with two attached hydrogens (primary N) is 2. The van der Waals surface area contributed by atoms with Crippen molar-refractivity contribution in [3.8, 4) is 0 Å². The van der Waals surface area contributed by atoms with Gasteiger partial charge in [0.25, 0.3) is 10.0 Å². The number of carbonyl (C=O) groups is 1. The first kappa shape index (κ1) is 15.9. The molecule has 8 nitrogen and oxygen atoms in total. The standard InChI is InChI=1S/C10H12ClN5O3S2/c1-6(17)16(8-4-2-7(11)3-5-8)10(21(13,18)19)15-14-9(12)20-10/h2-5,15H,1H3,(H2,12,14)(H2,13,18,19). The largest absolute Gasteiger partial charge is 0.377 e. The summed E-state index contributed by atoms with van der Waals surface area (Å²) in [5, 5.41) is 9.30. The van der Waals surface area contributed by atoms with E-state index in [-0.39, 0.29) is 10.9 Å². The second-order valence-corrected chi connectivity index (χ2v) is 7.71. The predicted octanol–water partition coefficient (Wildman–Crippen LogP) is 0.159. The number of primary sulfonamides is 1. The summed E-state index contributed by atoms with van der Waals surface area (Å²) in [5.74, 6) is -0.559. The fourth-order valence-electron chi connectivity index (χ4n) is 1.81. The van der Waals surface area contributed by atoms with Crippen molar-refractivity contribution >= 4 is 50.1 Å². The smallest absolute Gasteiger partial charge is 0.306 e. The molecule has 0 bridgehead atoms. The molecule has 114 valence electrons. The van der Waals surface area contributed by atoms with Crippen LogP contribution < -0.4 is 21.2 Å². The summed E-state index contributed by atoms with van der Waals surface area (Å²) in [6.07, 6.45) is 0. The Morgan fingerprint density at radius 3 is 2.38 bits per heavy atom. The number of nitrogens with one attached hydrogen (secondary N) is 1. The Labute approximate surface area is 130 Å². The molecule has 0 aliphatic carbocycles. The van der Waals surface area contributed by atoms with Crippen molar-refractivity contribution in [3.05, 3.63) is 29.3 Å². The summed E-state index contributed by atoms with van der Waals surface area (Å²) < 4.78 is 22.0. The van der Waals surface area contributed by atoms with Crippen LogP contribution in [0.1, 0.15) is 6.92 Å². The number of hydrogen-bond donors (Lipinski definition) is 3. The van der Waals surface area contributed by atoms with E-state index in [1.54, 1.807) is 0 Å². The van der Waals surface area contributed by atoms with E-state index < -0.39 is 20.3 Å². The fraction of sp³-hybridized carbons (Fsp3) is 0.200. The minimum absolute atomic E-state index is 0.0516. The lowest BCUT2D eigenvalue weighted by Crippen LogP contribution is -2.62. The number of hydrogen-bond acceptors (Lipinski definition) is 7. The number of anilines is 1. The van der Waals surface area contributed by atoms with Crippen molar-refractivity contribution in [2.45, 2.75) is 11.3 Å². The highest BCUT2D eigenvalue weighted by atomic mass is 35.5. The third-order valence-corrected chi connectivity index (χ3v) is 5.73. The molecule has 0 spiro atoms. The summed E-state index contributed by atoms with van der Waals surface area (Å²) >= 11 is 6.42. The number of halogens is 1. The van der Waals surface area contributed by atoms with E-state index in [9.17, 15) is 13.2 Å². The molecule has 0 saturated heterocycles. The average molecular weight is 350 g/mol. The van der Waals surface area contributed by atoms with Crippen molar-refractivity contribution in [1.82, 2.24) is 5.43 Å². The highest BCUT2D eigenvalue weighted by Crippen LogP contribution is 2.38. The predicted molar refractivity (Wildman–Crippen MR) is 82.8 cm³/mol. The SMILES string of the molecule is CC(=O)N(c1ccc(Cl)cc1)C1(S(N)(=O)=O)NN=C(N)S1. The van der Waals surface area contributed by atoms with Gasteiger partial charge in [-0.1, -0.05) is 11.6 Å². The van der Waals surface area contributed by atoms with E-state index in [4.69, 9.17) is 22.5 Å². The van der Waals surface area contributed by atoms with Gasteiger partial charge in [-0.25, -0.2) is 13.6 Å². The highest BCUT2D eigenvalue weighted by Gasteiger charge is 2.54. The molecule has 21 heavy (non-hydrogen) atoms. The topological polar surface area (TPSA) is 131 Å². The Morgan fingerprint density at radius 1 is 1.43 bits per heavy atom. The molecule has 1 aliphatic heterocycles. The van der Waals surface area contributed by atoms with Crippen molar-refractivity contribution in [2.75, 3.05) is 4.90 Å². The molecule has 11 heteroatoms. The zero-order valence-electron chi connectivity index (χ0n) is 10.8. The summed E-state index contributed by atoms with van der Waals surface area (Å²) in [4.78, 5) is 13.0. The minimum Gasteiger partial charge on any atom is -0.377 e. The van der Waals surface area contributed by atoms with Gasteiger partial charge in [0.05, 0.1) is 0 Å². The highest BCUT2D eigenvalue weighted by molar-refractivity contribution is 8.23. The van der Waals surface area contributed by atoms with Crippen LogP contribution in [0.4, 0.5) is 5.69 Å². The third-order valence-electron chi connectivity index (χ3n) is 2.63. The van der Waals surface area contributed by atoms with Gasteiger partial charge in [0.2, 0.25) is 5.91 Å². The second-order valence-electron chi connectivity index (χ2n) is 4.12. The number of amidine groups is 1. The Balaban J connectivity index is 2.59. The normalized spacial score (nSPS) is 21.6. The zero-order valence-corrected chi connectivity index (χ0v) is 13.2. The van der Waals surface area contributed by atoms with Crippen LogP contribution in [-0.2, 0) is 14.8 Å². The van der Waals surface area contributed by atoms with Crippen LogP contribution in [0.25, 0.3) is 0 Å². The molecule has 1 heterocycles. The summed E-state index contributed by atoms with van der Waals surface area (Å²) in [6.45, 7) is 1.21. The number of sulfonamides is 1. The van der Waals surface area contributed by atoms with Gasteiger partial charge in [0.15, 0.2) is 5.17 Å². The molecular weight excluding hydrogens is 338 g/mol. The molecule has 1 amide bonds. The van der Waals surface area contributed by atoms with Crippen LogP contribution in [0.2, 0.25) is 5.02 Å². The number of amides is 1. The first-order valence-corrected chi connectivity index (χ1v) is 8.29. The Kier molecular flexibility index (Phi) is 4.06. The molecule has 0 aromatic heterocycles. The molecule has 0 saturated carbocycles. The molecule has 2 rings (SSSR count). The second kappa shape index (κ2) is 5.37. The van der Waals surface area contributed by atoms with Crippen LogP contribution in [0.15, 0.2) is 29.4 Å². The van der Waals surface area contributed by atoms with Gasteiger partial charge in [-0.3, -0.25) is 15.1 Å². The van der Waals surface area contributed by atoms with Crippen LogP contribution in [0.5, 0.6) is 0 Å². The third kappa shape index (κ3) is 2.79. The summed E-state index contributed by atoms with van der Waals surface area (Å²) in [5.41, 5.74) is 8.14. The molecule has 0 radical (unpaired) electrons. The molecule has 1 aliphatic rings. The van der Waals surface area contributed by atoms with Gasteiger partial charge >= 0.3 is 4.33 Å². The lowest BCUT2D eigenvalue weighted by atomic mass is 10.3. The maximum absolute atomic E-state index is 12.0. The summed E-state index contributed by atoms with van der Waals surface area (Å²) in [7, 11) is -4.27. The number of rotatable bonds is 3. The molecule has 0 fully saturated rings. The number of carbonyl (C=O) groups excluding carboxylic acids is 1. The van der Waals surface area contributed by atoms with Gasteiger partial charge in [0, 0.05) is 17.6 Å². The molecule has 1 atom stereocenters. The van der Waals surface area contributed by atoms with Crippen molar-refractivity contribution in [2.24, 2.45) is 16.0 Å². The van der Waals surface area contributed by atoms with Gasteiger partial charge in [-0.2, -0.15) is 5.10 Å². The van der Waals surface area contributed by atoms with Crippen molar-refractivity contribution < 1.29 is 13.2 Å². The van der Waals surface area contributed by atoms with E-state index in [1.807, 2.05) is 0 Å². The van der Waals surface area contributed by atoms with Crippen LogP contribution in [-0.4, -0.2) is 23.8 Å². The minimum atomic E-state index is -4.27. The Morgan fingerprint density at radius 2 is 2.00 bits per heavy atom. The molecular formula is C10H12ClN5O3S2. The van der Waals surface area contributed by atoms with Crippen LogP contribution >= 0.6 is 23.4 Å². The molecule has 5 N–H and O–H groups in total. The maximum Gasteiger partial charge on any atom is 0.306 e. The Bertz CT molecular complexity index is 706. The van der Waals surface area contributed by atoms with Gasteiger partial charge in [-0.05, 0) is 36.0 Å². The van der Waals surface area contributed by atoms with Gasteiger partial charge in [-0.15, -0.1) is 0 Å². The fourth-order valence-corrected chi connectivity index (χ4v) is 4.11. The average Bonchev–Trinajstić information content (AvgIpc) is 2.74. The van der Waals surface area contributed by atoms with E-state index in [0.29, 0.717) is 16.8 Å². The Hall–Kier alpha value is -1.49. The van der Waals surface area contributed by atoms with Crippen LogP contribution in [0.3, 0.4) is 0 Å². The van der Waals surface area contributed by atoms with Crippen molar-refractivity contribution in [3.63, 3.8) is 0 Å². The van der Waals surface area contributed by atoms with E-state index in [2.05, 4.69) is 10.5 Å². The summed E-state index contributed by atoms with van der Waals surface area (Å²) in [6, 6.07) is 6.03. The lowest BCUT2D eigenvalue weighted by Gasteiger charge is -2.36.